The molecule has 0 aliphatic heterocycles. The number of carbonyl (C=O) groups excluding carboxylic acids is 1. The summed E-state index contributed by atoms with van der Waals surface area (Å²) >= 11 is 0. The Hall–Kier alpha value is -2.50. The number of benzene rings is 1. The minimum Gasteiger partial charge on any atom is -0.496 e. The molecule has 0 saturated carbocycles. The fourth-order valence-corrected chi connectivity index (χ4v) is 1.61. The summed E-state index contributed by atoms with van der Waals surface area (Å²) in [5, 5.41) is 0. The van der Waals surface area contributed by atoms with E-state index in [1.165, 1.54) is 38.7 Å². The summed E-state index contributed by atoms with van der Waals surface area (Å²) in [6.07, 6.45) is 2.61. The minimum absolute atomic E-state index is 0.00491. The highest BCUT2D eigenvalue weighted by atomic mass is 19.1. The normalized spacial score (nSPS) is 10.1. The van der Waals surface area contributed by atoms with E-state index in [0.717, 1.165) is 0 Å². The monoisotopic (exact) mass is 262 g/mol. The lowest BCUT2D eigenvalue weighted by Crippen LogP contribution is -2.06. The molecule has 1 heterocycles. The van der Waals surface area contributed by atoms with Gasteiger partial charge in [0.25, 0.3) is 0 Å². The first-order chi connectivity index (χ1) is 9.17. The van der Waals surface area contributed by atoms with Crippen molar-refractivity contribution in [3.63, 3.8) is 0 Å². The second kappa shape index (κ2) is 5.43. The number of esters is 1. The van der Waals surface area contributed by atoms with Gasteiger partial charge in [0.2, 0.25) is 0 Å². The number of halogens is 1. The summed E-state index contributed by atoms with van der Waals surface area (Å²) in [6, 6.07) is 4.41. The van der Waals surface area contributed by atoms with E-state index in [9.17, 15) is 9.18 Å². The van der Waals surface area contributed by atoms with Crippen LogP contribution in [0.4, 0.5) is 4.39 Å². The molecular formula is C13H11FN2O3. The molecule has 2 aromatic rings. The van der Waals surface area contributed by atoms with Crippen molar-refractivity contribution in [2.75, 3.05) is 14.2 Å². The Bertz CT molecular complexity index is 617. The van der Waals surface area contributed by atoms with Gasteiger partial charge in [0.1, 0.15) is 11.6 Å². The van der Waals surface area contributed by atoms with Gasteiger partial charge in [-0.2, -0.15) is 0 Å². The Labute approximate surface area is 109 Å². The molecule has 0 aliphatic carbocycles. The van der Waals surface area contributed by atoms with E-state index in [2.05, 4.69) is 14.7 Å². The van der Waals surface area contributed by atoms with Crippen molar-refractivity contribution >= 4 is 5.97 Å². The molecule has 5 nitrogen and oxygen atoms in total. The van der Waals surface area contributed by atoms with E-state index in [4.69, 9.17) is 4.74 Å². The first-order valence-electron chi connectivity index (χ1n) is 5.40. The van der Waals surface area contributed by atoms with Crippen LogP contribution in [0.25, 0.3) is 11.3 Å². The molecule has 98 valence electrons. The zero-order chi connectivity index (χ0) is 13.8. The van der Waals surface area contributed by atoms with Crippen LogP contribution in [0.2, 0.25) is 0 Å². The van der Waals surface area contributed by atoms with Crippen LogP contribution in [0.1, 0.15) is 10.5 Å². The quantitative estimate of drug-likeness (QED) is 0.792. The van der Waals surface area contributed by atoms with E-state index in [1.807, 2.05) is 0 Å². The first-order valence-corrected chi connectivity index (χ1v) is 5.40. The first kappa shape index (κ1) is 12.9. The maximum Gasteiger partial charge on any atom is 0.358 e. The lowest BCUT2D eigenvalue weighted by atomic mass is 10.1. The molecule has 0 saturated heterocycles. The molecule has 6 heteroatoms. The molecule has 19 heavy (non-hydrogen) atoms. The van der Waals surface area contributed by atoms with Crippen molar-refractivity contribution in [2.24, 2.45) is 0 Å². The predicted octanol–water partition coefficient (Wildman–Crippen LogP) is 2.08. The highest BCUT2D eigenvalue weighted by molar-refractivity contribution is 5.87. The van der Waals surface area contributed by atoms with Crippen molar-refractivity contribution in [1.29, 1.82) is 0 Å². The average Bonchev–Trinajstić information content (AvgIpc) is 2.46. The van der Waals surface area contributed by atoms with Gasteiger partial charge in [-0.15, -0.1) is 0 Å². The molecule has 0 bridgehead atoms. The molecule has 0 aliphatic rings. The van der Waals surface area contributed by atoms with Gasteiger partial charge < -0.3 is 9.47 Å². The standard InChI is InChI=1S/C13H11FN2O3/c1-18-11-5-3-4-8(14)12(11)9-6-15-7-10(16-9)13(17)19-2/h3-7H,1-2H3. The Balaban J connectivity index is 2.56. The van der Waals surface area contributed by atoms with Gasteiger partial charge in [-0.05, 0) is 12.1 Å². The summed E-state index contributed by atoms with van der Waals surface area (Å²) in [5.41, 5.74) is 0.367. The van der Waals surface area contributed by atoms with Crippen LogP contribution < -0.4 is 4.74 Å². The van der Waals surface area contributed by atoms with E-state index < -0.39 is 11.8 Å². The van der Waals surface area contributed by atoms with Gasteiger partial charge in [0.05, 0.1) is 37.9 Å². The second-order valence-corrected chi connectivity index (χ2v) is 3.60. The number of aromatic nitrogens is 2. The fourth-order valence-electron chi connectivity index (χ4n) is 1.61. The Kier molecular flexibility index (Phi) is 3.70. The van der Waals surface area contributed by atoms with Gasteiger partial charge in [-0.3, -0.25) is 4.98 Å². The van der Waals surface area contributed by atoms with Crippen LogP contribution in [0.5, 0.6) is 5.75 Å². The highest BCUT2D eigenvalue weighted by Crippen LogP contribution is 2.30. The van der Waals surface area contributed by atoms with Gasteiger partial charge in [-0.25, -0.2) is 14.2 Å². The Morgan fingerprint density at radius 1 is 1.26 bits per heavy atom. The lowest BCUT2D eigenvalue weighted by Gasteiger charge is -2.09. The van der Waals surface area contributed by atoms with Crippen molar-refractivity contribution in [3.05, 3.63) is 42.1 Å². The number of ether oxygens (including phenoxy) is 2. The van der Waals surface area contributed by atoms with Crippen LogP contribution in [-0.4, -0.2) is 30.2 Å². The zero-order valence-electron chi connectivity index (χ0n) is 10.4. The van der Waals surface area contributed by atoms with Gasteiger partial charge in [-0.1, -0.05) is 6.07 Å². The van der Waals surface area contributed by atoms with Crippen molar-refractivity contribution in [1.82, 2.24) is 9.97 Å². The number of nitrogens with zero attached hydrogens (tertiary/aromatic N) is 2. The maximum absolute atomic E-state index is 13.9. The number of carbonyl (C=O) groups is 1. The van der Waals surface area contributed by atoms with Crippen LogP contribution in [0.3, 0.4) is 0 Å². The summed E-state index contributed by atoms with van der Waals surface area (Å²) in [5.74, 6) is -0.823. The summed E-state index contributed by atoms with van der Waals surface area (Å²) in [6.45, 7) is 0. The molecule has 1 aromatic carbocycles. The maximum atomic E-state index is 13.9. The topological polar surface area (TPSA) is 61.3 Å². The van der Waals surface area contributed by atoms with Gasteiger partial charge in [0.15, 0.2) is 5.69 Å². The van der Waals surface area contributed by atoms with Crippen molar-refractivity contribution < 1.29 is 18.7 Å². The van der Waals surface area contributed by atoms with Crippen molar-refractivity contribution in [2.45, 2.75) is 0 Å². The van der Waals surface area contributed by atoms with Gasteiger partial charge >= 0.3 is 5.97 Å². The molecule has 1 aromatic heterocycles. The second-order valence-electron chi connectivity index (χ2n) is 3.60. The van der Waals surface area contributed by atoms with E-state index in [1.54, 1.807) is 6.07 Å². The minimum atomic E-state index is -0.635. The average molecular weight is 262 g/mol. The Morgan fingerprint density at radius 2 is 2.05 bits per heavy atom. The Morgan fingerprint density at radius 3 is 2.74 bits per heavy atom. The molecule has 0 atom stereocenters. The third kappa shape index (κ3) is 2.52. The zero-order valence-corrected chi connectivity index (χ0v) is 10.4. The molecule has 0 fully saturated rings. The van der Waals surface area contributed by atoms with Crippen LogP contribution in [0, 0.1) is 5.82 Å². The third-order valence-electron chi connectivity index (χ3n) is 2.48. The van der Waals surface area contributed by atoms with Gasteiger partial charge in [0, 0.05) is 0 Å². The molecule has 0 spiro atoms. The van der Waals surface area contributed by atoms with E-state index >= 15 is 0 Å². The third-order valence-corrected chi connectivity index (χ3v) is 2.48. The highest BCUT2D eigenvalue weighted by Gasteiger charge is 2.16. The van der Waals surface area contributed by atoms with Crippen LogP contribution in [0.15, 0.2) is 30.6 Å². The lowest BCUT2D eigenvalue weighted by molar-refractivity contribution is 0.0593. The largest absolute Gasteiger partial charge is 0.496 e. The number of hydrogen-bond donors (Lipinski definition) is 0. The fraction of sp³-hybridized carbons (Fsp3) is 0.154. The molecule has 0 amide bonds. The number of hydrogen-bond acceptors (Lipinski definition) is 5. The van der Waals surface area contributed by atoms with Crippen LogP contribution >= 0.6 is 0 Å². The SMILES string of the molecule is COC(=O)c1cncc(-c2c(F)cccc2OC)n1. The van der Waals surface area contributed by atoms with E-state index in [-0.39, 0.29) is 17.0 Å². The summed E-state index contributed by atoms with van der Waals surface area (Å²) in [7, 11) is 2.66. The summed E-state index contributed by atoms with van der Waals surface area (Å²) in [4.78, 5) is 19.3. The van der Waals surface area contributed by atoms with E-state index in [0.29, 0.717) is 5.75 Å². The molecule has 2 rings (SSSR count). The molecule has 0 N–H and O–H groups in total. The smallest absolute Gasteiger partial charge is 0.358 e. The number of rotatable bonds is 3. The molecule has 0 unspecified atom stereocenters. The summed E-state index contributed by atoms with van der Waals surface area (Å²) < 4.78 is 23.5. The predicted molar refractivity (Wildman–Crippen MR) is 65.3 cm³/mol. The van der Waals surface area contributed by atoms with Crippen LogP contribution in [-0.2, 0) is 4.74 Å². The molecular weight excluding hydrogens is 251 g/mol. The number of methoxy groups -OCH3 is 2. The molecule has 0 radical (unpaired) electrons. The van der Waals surface area contributed by atoms with Crippen molar-refractivity contribution in [3.8, 4) is 17.0 Å².